The van der Waals surface area contributed by atoms with E-state index < -0.39 is 0 Å². The Balaban J connectivity index is 2.32. The van der Waals surface area contributed by atoms with Crippen molar-refractivity contribution in [3.63, 3.8) is 0 Å². The predicted molar refractivity (Wildman–Crippen MR) is 66.0 cm³/mol. The Kier molecular flexibility index (Phi) is 2.15. The predicted octanol–water partition coefficient (Wildman–Crippen LogP) is 3.70. The van der Waals surface area contributed by atoms with Crippen molar-refractivity contribution in [2.75, 3.05) is 0 Å². The first kappa shape index (κ1) is 9.10. The summed E-state index contributed by atoms with van der Waals surface area (Å²) in [6.45, 7) is 0. The first-order valence-corrected chi connectivity index (χ1v) is 5.25. The summed E-state index contributed by atoms with van der Waals surface area (Å²) < 4.78 is 0. The number of hydrogen-bond donors (Lipinski definition) is 0. The van der Waals surface area contributed by atoms with Crippen LogP contribution in [0.3, 0.4) is 0 Å². The zero-order valence-corrected chi connectivity index (χ0v) is 8.72. The third-order valence-electron chi connectivity index (χ3n) is 2.68. The van der Waals surface area contributed by atoms with E-state index >= 15 is 0 Å². The number of rotatable bonds is 1. The molecule has 0 aliphatic heterocycles. The number of pyridine rings is 1. The molecule has 0 saturated carbocycles. The summed E-state index contributed by atoms with van der Waals surface area (Å²) in [6, 6.07) is 19.6. The van der Waals surface area contributed by atoms with Gasteiger partial charge in [0.2, 0.25) is 0 Å². The van der Waals surface area contributed by atoms with Crippen molar-refractivity contribution in [1.82, 2.24) is 4.98 Å². The summed E-state index contributed by atoms with van der Waals surface area (Å²) in [4.78, 5) is 4.19. The molecule has 3 aromatic rings. The molecule has 0 amide bonds. The Hall–Kier alpha value is -2.15. The van der Waals surface area contributed by atoms with E-state index in [1.165, 1.54) is 16.3 Å². The van der Waals surface area contributed by atoms with Crippen LogP contribution in [-0.2, 0) is 0 Å². The van der Waals surface area contributed by atoms with Crippen LogP contribution < -0.4 is 0 Å². The van der Waals surface area contributed by atoms with Crippen molar-refractivity contribution >= 4 is 10.8 Å². The lowest BCUT2D eigenvalue weighted by atomic mass is 10.00. The van der Waals surface area contributed by atoms with Crippen molar-refractivity contribution in [3.8, 4) is 11.1 Å². The molecule has 0 spiro atoms. The minimum Gasteiger partial charge on any atom is -0.264 e. The van der Waals surface area contributed by atoms with Gasteiger partial charge in [-0.3, -0.25) is 4.98 Å². The Morgan fingerprint density at radius 1 is 0.938 bits per heavy atom. The van der Waals surface area contributed by atoms with Crippen LogP contribution in [0.15, 0.2) is 60.9 Å². The van der Waals surface area contributed by atoms with Gasteiger partial charge in [-0.2, -0.15) is 0 Å². The van der Waals surface area contributed by atoms with Gasteiger partial charge in [0.25, 0.3) is 0 Å². The van der Waals surface area contributed by atoms with Gasteiger partial charge in [-0.05, 0) is 28.6 Å². The van der Waals surface area contributed by atoms with E-state index in [-0.39, 0.29) is 0 Å². The highest BCUT2D eigenvalue weighted by atomic mass is 14.6. The molecule has 1 nitrogen and oxygen atoms in total. The normalized spacial score (nSPS) is 10.5. The minimum absolute atomic E-state index is 1.11. The SMILES string of the molecule is [c]1ccccc1-c1cccc2ccncc12. The van der Waals surface area contributed by atoms with Crippen LogP contribution in [0.5, 0.6) is 0 Å². The quantitative estimate of drug-likeness (QED) is 0.589. The molecule has 0 unspecified atom stereocenters. The van der Waals surface area contributed by atoms with Gasteiger partial charge in [-0.1, -0.05) is 42.5 Å². The summed E-state index contributed by atoms with van der Waals surface area (Å²) in [5, 5.41) is 2.39. The van der Waals surface area contributed by atoms with Crippen LogP contribution in [-0.4, -0.2) is 4.98 Å². The standard InChI is InChI=1S/C15H10N/c1-2-5-12(6-3-1)14-8-4-7-13-9-10-16-11-15(13)14/h1-5,7-11H. The van der Waals surface area contributed by atoms with Gasteiger partial charge in [0, 0.05) is 17.8 Å². The number of hydrogen-bond acceptors (Lipinski definition) is 1. The second-order valence-corrected chi connectivity index (χ2v) is 3.68. The molecule has 75 valence electrons. The molecule has 2 aromatic carbocycles. The highest BCUT2D eigenvalue weighted by Gasteiger charge is 2.02. The van der Waals surface area contributed by atoms with Gasteiger partial charge in [-0.15, -0.1) is 0 Å². The van der Waals surface area contributed by atoms with Crippen molar-refractivity contribution in [2.45, 2.75) is 0 Å². The molecule has 1 aromatic heterocycles. The van der Waals surface area contributed by atoms with Crippen molar-refractivity contribution in [3.05, 3.63) is 67.0 Å². The summed E-state index contributed by atoms with van der Waals surface area (Å²) in [5.74, 6) is 0. The monoisotopic (exact) mass is 204 g/mol. The molecule has 3 rings (SSSR count). The number of aromatic nitrogens is 1. The van der Waals surface area contributed by atoms with Crippen molar-refractivity contribution in [2.24, 2.45) is 0 Å². The third-order valence-corrected chi connectivity index (χ3v) is 2.68. The van der Waals surface area contributed by atoms with E-state index in [9.17, 15) is 0 Å². The maximum Gasteiger partial charge on any atom is 0.0352 e. The summed E-state index contributed by atoms with van der Waals surface area (Å²) in [5.41, 5.74) is 2.30. The molecule has 0 atom stereocenters. The fourth-order valence-corrected chi connectivity index (χ4v) is 1.91. The van der Waals surface area contributed by atoms with Crippen molar-refractivity contribution in [1.29, 1.82) is 0 Å². The molecule has 0 N–H and O–H groups in total. The highest BCUT2D eigenvalue weighted by Crippen LogP contribution is 2.26. The maximum absolute atomic E-state index is 4.19. The molecular weight excluding hydrogens is 194 g/mol. The van der Waals surface area contributed by atoms with Gasteiger partial charge in [0.05, 0.1) is 0 Å². The summed E-state index contributed by atoms with van der Waals surface area (Å²) in [7, 11) is 0. The molecule has 0 bridgehead atoms. The fourth-order valence-electron chi connectivity index (χ4n) is 1.91. The van der Waals surface area contributed by atoms with Crippen LogP contribution in [0, 0.1) is 6.07 Å². The lowest BCUT2D eigenvalue weighted by molar-refractivity contribution is 1.36. The first-order valence-electron chi connectivity index (χ1n) is 5.25. The molecule has 0 aliphatic rings. The van der Waals surface area contributed by atoms with Crippen LogP contribution >= 0.6 is 0 Å². The molecule has 16 heavy (non-hydrogen) atoms. The van der Waals surface area contributed by atoms with E-state index in [0.29, 0.717) is 0 Å². The Morgan fingerprint density at radius 2 is 1.94 bits per heavy atom. The third kappa shape index (κ3) is 1.47. The first-order chi connectivity index (χ1) is 7.95. The van der Waals surface area contributed by atoms with E-state index in [1.54, 1.807) is 0 Å². The largest absolute Gasteiger partial charge is 0.264 e. The maximum atomic E-state index is 4.19. The van der Waals surface area contributed by atoms with E-state index in [0.717, 1.165) is 5.56 Å². The van der Waals surface area contributed by atoms with Crippen molar-refractivity contribution < 1.29 is 0 Å². The fraction of sp³-hybridized carbons (Fsp3) is 0. The van der Waals surface area contributed by atoms with E-state index in [1.807, 2.05) is 36.7 Å². The molecule has 0 saturated heterocycles. The highest BCUT2D eigenvalue weighted by molar-refractivity contribution is 5.95. The topological polar surface area (TPSA) is 12.9 Å². The van der Waals surface area contributed by atoms with Gasteiger partial charge >= 0.3 is 0 Å². The summed E-state index contributed by atoms with van der Waals surface area (Å²) in [6.07, 6.45) is 3.73. The minimum atomic E-state index is 1.11. The lowest BCUT2D eigenvalue weighted by Crippen LogP contribution is -1.82. The average molecular weight is 204 g/mol. The Morgan fingerprint density at radius 3 is 2.81 bits per heavy atom. The smallest absolute Gasteiger partial charge is 0.0352 e. The second kappa shape index (κ2) is 3.78. The van der Waals surface area contributed by atoms with Gasteiger partial charge in [0.15, 0.2) is 0 Å². The van der Waals surface area contributed by atoms with Gasteiger partial charge in [-0.25, -0.2) is 0 Å². The van der Waals surface area contributed by atoms with E-state index in [2.05, 4.69) is 35.3 Å². The van der Waals surface area contributed by atoms with Gasteiger partial charge < -0.3 is 0 Å². The Labute approximate surface area is 94.4 Å². The molecule has 1 radical (unpaired) electrons. The van der Waals surface area contributed by atoms with E-state index in [4.69, 9.17) is 0 Å². The average Bonchev–Trinajstić information content (AvgIpc) is 2.39. The van der Waals surface area contributed by atoms with Crippen LogP contribution in [0.1, 0.15) is 0 Å². The lowest BCUT2D eigenvalue weighted by Gasteiger charge is -2.05. The van der Waals surface area contributed by atoms with Crippen LogP contribution in [0.4, 0.5) is 0 Å². The number of fused-ring (bicyclic) bond motifs is 1. The summed E-state index contributed by atoms with van der Waals surface area (Å²) >= 11 is 0. The molecule has 1 heteroatoms. The van der Waals surface area contributed by atoms with Crippen LogP contribution in [0.2, 0.25) is 0 Å². The zero-order valence-electron chi connectivity index (χ0n) is 8.72. The number of benzene rings is 2. The van der Waals surface area contributed by atoms with Crippen LogP contribution in [0.25, 0.3) is 21.9 Å². The Bertz CT molecular complexity index is 609. The molecule has 1 heterocycles. The number of nitrogens with zero attached hydrogens (tertiary/aromatic N) is 1. The molecular formula is C15H10N. The van der Waals surface area contributed by atoms with Gasteiger partial charge in [0.1, 0.15) is 0 Å². The zero-order chi connectivity index (χ0) is 10.8. The second-order valence-electron chi connectivity index (χ2n) is 3.68. The molecule has 0 aliphatic carbocycles. The molecule has 0 fully saturated rings.